The van der Waals surface area contributed by atoms with Gasteiger partial charge >= 0.3 is 11.9 Å². The molecule has 2 rings (SSSR count). The molecule has 0 unspecified atom stereocenters. The van der Waals surface area contributed by atoms with Gasteiger partial charge in [0.05, 0.1) is 7.11 Å². The zero-order chi connectivity index (χ0) is 21.4. The van der Waals surface area contributed by atoms with Gasteiger partial charge in [0.2, 0.25) is 0 Å². The van der Waals surface area contributed by atoms with E-state index in [-0.39, 0.29) is 11.7 Å². The molecule has 0 saturated heterocycles. The van der Waals surface area contributed by atoms with Crippen molar-refractivity contribution in [3.05, 3.63) is 35.4 Å². The first-order chi connectivity index (χ1) is 13.8. The van der Waals surface area contributed by atoms with Crippen molar-refractivity contribution in [1.82, 2.24) is 0 Å². The second kappa shape index (κ2) is 10.7. The third kappa shape index (κ3) is 6.63. The van der Waals surface area contributed by atoms with E-state index in [1.807, 2.05) is 6.07 Å². The summed E-state index contributed by atoms with van der Waals surface area (Å²) in [5.41, 5.74) is 0.465. The fourth-order valence-corrected chi connectivity index (χ4v) is 3.66. The van der Waals surface area contributed by atoms with Crippen LogP contribution in [0.25, 0.3) is 6.08 Å². The summed E-state index contributed by atoms with van der Waals surface area (Å²) in [6.45, 7) is 5.91. The number of carbonyl (C=O) groups is 2. The van der Waals surface area contributed by atoms with E-state index in [9.17, 15) is 14.9 Å². The molecule has 1 aromatic rings. The van der Waals surface area contributed by atoms with Crippen LogP contribution in [0.1, 0.15) is 45.6 Å². The van der Waals surface area contributed by atoms with E-state index in [0.29, 0.717) is 29.1 Å². The second-order valence-electron chi connectivity index (χ2n) is 7.87. The van der Waals surface area contributed by atoms with Gasteiger partial charge in [-0.25, -0.2) is 9.59 Å². The van der Waals surface area contributed by atoms with Gasteiger partial charge in [0.1, 0.15) is 23.5 Å². The van der Waals surface area contributed by atoms with Crippen LogP contribution in [0.15, 0.2) is 29.8 Å². The quantitative estimate of drug-likeness (QED) is 0.389. The normalized spacial score (nSPS) is 21.9. The van der Waals surface area contributed by atoms with Crippen LogP contribution < -0.4 is 4.74 Å². The molecule has 0 N–H and O–H groups in total. The Morgan fingerprint density at radius 2 is 1.93 bits per heavy atom. The average Bonchev–Trinajstić information content (AvgIpc) is 2.70. The molecule has 1 aliphatic rings. The van der Waals surface area contributed by atoms with Gasteiger partial charge in [-0.15, -0.1) is 0 Å². The van der Waals surface area contributed by atoms with E-state index in [1.165, 1.54) is 6.08 Å². The number of hydrogen-bond donors (Lipinski definition) is 0. The summed E-state index contributed by atoms with van der Waals surface area (Å²) in [5, 5.41) is 9.25. The van der Waals surface area contributed by atoms with Gasteiger partial charge in [0, 0.05) is 0 Å². The Morgan fingerprint density at radius 1 is 1.24 bits per heavy atom. The van der Waals surface area contributed by atoms with E-state index < -0.39 is 18.5 Å². The van der Waals surface area contributed by atoms with Crippen molar-refractivity contribution in [2.45, 2.75) is 46.1 Å². The summed E-state index contributed by atoms with van der Waals surface area (Å²) in [6.07, 6.45) is 4.23. The van der Waals surface area contributed by atoms with Crippen molar-refractivity contribution >= 4 is 18.0 Å². The summed E-state index contributed by atoms with van der Waals surface area (Å²) in [6, 6.07) is 8.69. The summed E-state index contributed by atoms with van der Waals surface area (Å²) in [5.74, 6) is 0.476. The Labute approximate surface area is 172 Å². The number of methoxy groups -OCH3 is 1. The molecule has 1 aliphatic carbocycles. The zero-order valence-corrected chi connectivity index (χ0v) is 17.5. The molecule has 1 fully saturated rings. The molecule has 29 heavy (non-hydrogen) atoms. The van der Waals surface area contributed by atoms with E-state index in [0.717, 1.165) is 19.3 Å². The van der Waals surface area contributed by atoms with Gasteiger partial charge < -0.3 is 14.2 Å². The Morgan fingerprint density at radius 3 is 2.52 bits per heavy atom. The Bertz CT molecular complexity index is 775. The highest BCUT2D eigenvalue weighted by Crippen LogP contribution is 2.35. The minimum absolute atomic E-state index is 0.157. The predicted molar refractivity (Wildman–Crippen MR) is 109 cm³/mol. The van der Waals surface area contributed by atoms with Crippen molar-refractivity contribution in [1.29, 1.82) is 5.26 Å². The van der Waals surface area contributed by atoms with Gasteiger partial charge in [-0.05, 0) is 54.4 Å². The number of nitrogens with zero attached hydrogens (tertiary/aromatic N) is 1. The molecule has 156 valence electrons. The van der Waals surface area contributed by atoms with Gasteiger partial charge in [-0.1, -0.05) is 39.3 Å². The Kier molecular flexibility index (Phi) is 8.26. The maximum Gasteiger partial charge on any atom is 0.349 e. The van der Waals surface area contributed by atoms with Crippen LogP contribution in [-0.2, 0) is 19.1 Å². The molecule has 6 nitrogen and oxygen atoms in total. The molecule has 0 spiro atoms. The lowest BCUT2D eigenvalue weighted by molar-refractivity contribution is -0.165. The number of esters is 2. The second-order valence-corrected chi connectivity index (χ2v) is 7.87. The monoisotopic (exact) mass is 399 g/mol. The molecule has 0 bridgehead atoms. The number of carbonyl (C=O) groups excluding carboxylic acids is 2. The highest BCUT2D eigenvalue weighted by molar-refractivity contribution is 5.98. The molecule has 3 atom stereocenters. The lowest BCUT2D eigenvalue weighted by Gasteiger charge is -2.36. The van der Waals surface area contributed by atoms with Crippen LogP contribution in [0.2, 0.25) is 0 Å². The molecule has 0 aliphatic heterocycles. The van der Waals surface area contributed by atoms with Gasteiger partial charge in [-0.3, -0.25) is 0 Å². The SMILES string of the molecule is COc1ccc(/C=C(/C#N)C(=O)OCC(=O)O[C@@H]2C[C@@H](C)CC[C@H]2C(C)C)cc1. The smallest absolute Gasteiger partial charge is 0.349 e. The lowest BCUT2D eigenvalue weighted by atomic mass is 9.75. The summed E-state index contributed by atoms with van der Waals surface area (Å²) < 4.78 is 15.7. The van der Waals surface area contributed by atoms with Crippen molar-refractivity contribution in [3.63, 3.8) is 0 Å². The van der Waals surface area contributed by atoms with E-state index in [2.05, 4.69) is 20.8 Å². The van der Waals surface area contributed by atoms with Crippen molar-refractivity contribution in [3.8, 4) is 11.8 Å². The van der Waals surface area contributed by atoms with Crippen LogP contribution in [0.4, 0.5) is 0 Å². The summed E-state index contributed by atoms with van der Waals surface area (Å²) >= 11 is 0. The van der Waals surface area contributed by atoms with Crippen LogP contribution in [0, 0.1) is 29.1 Å². The molecule has 6 heteroatoms. The highest BCUT2D eigenvalue weighted by Gasteiger charge is 2.33. The van der Waals surface area contributed by atoms with Crippen molar-refractivity contribution < 1.29 is 23.8 Å². The van der Waals surface area contributed by atoms with Crippen molar-refractivity contribution in [2.75, 3.05) is 13.7 Å². The molecule has 1 aromatic carbocycles. The largest absolute Gasteiger partial charge is 0.497 e. The van der Waals surface area contributed by atoms with Crippen LogP contribution in [0.5, 0.6) is 5.75 Å². The number of hydrogen-bond acceptors (Lipinski definition) is 6. The fourth-order valence-electron chi connectivity index (χ4n) is 3.66. The highest BCUT2D eigenvalue weighted by atomic mass is 16.6. The summed E-state index contributed by atoms with van der Waals surface area (Å²) in [4.78, 5) is 24.4. The first kappa shape index (κ1) is 22.5. The molecule has 0 heterocycles. The van der Waals surface area contributed by atoms with E-state index in [1.54, 1.807) is 31.4 Å². The zero-order valence-electron chi connectivity index (χ0n) is 17.5. The van der Waals surface area contributed by atoms with E-state index >= 15 is 0 Å². The molecular weight excluding hydrogens is 370 g/mol. The van der Waals surface area contributed by atoms with Gasteiger partial charge in [-0.2, -0.15) is 5.26 Å². The maximum absolute atomic E-state index is 12.2. The van der Waals surface area contributed by atoms with E-state index in [4.69, 9.17) is 14.2 Å². The van der Waals surface area contributed by atoms with Crippen LogP contribution in [0.3, 0.4) is 0 Å². The Hall–Kier alpha value is -2.81. The standard InChI is InChI=1S/C23H29NO5/c1-15(2)20-10-5-16(3)11-21(20)29-22(25)14-28-23(26)18(13-24)12-17-6-8-19(27-4)9-7-17/h6-9,12,15-16,20-21H,5,10-11,14H2,1-4H3/b18-12-/t16-,20-,21+/m0/s1. The number of nitriles is 1. The van der Waals surface area contributed by atoms with Gasteiger partial charge in [0.15, 0.2) is 6.61 Å². The first-order valence-corrected chi connectivity index (χ1v) is 9.96. The minimum atomic E-state index is -0.849. The topological polar surface area (TPSA) is 85.6 Å². The summed E-state index contributed by atoms with van der Waals surface area (Å²) in [7, 11) is 1.55. The minimum Gasteiger partial charge on any atom is -0.497 e. The average molecular weight is 399 g/mol. The van der Waals surface area contributed by atoms with Crippen LogP contribution in [-0.4, -0.2) is 31.8 Å². The maximum atomic E-state index is 12.2. The van der Waals surface area contributed by atoms with Gasteiger partial charge in [0.25, 0.3) is 0 Å². The molecule has 1 saturated carbocycles. The fraction of sp³-hybridized carbons (Fsp3) is 0.522. The number of rotatable bonds is 7. The van der Waals surface area contributed by atoms with Crippen molar-refractivity contribution in [2.24, 2.45) is 17.8 Å². The predicted octanol–water partition coefficient (Wildman–Crippen LogP) is 4.15. The third-order valence-electron chi connectivity index (χ3n) is 5.33. The number of ether oxygens (including phenoxy) is 3. The molecule has 0 aromatic heterocycles. The first-order valence-electron chi connectivity index (χ1n) is 9.96. The number of benzene rings is 1. The third-order valence-corrected chi connectivity index (χ3v) is 5.33. The lowest BCUT2D eigenvalue weighted by Crippen LogP contribution is -2.36. The molecule has 0 amide bonds. The van der Waals surface area contributed by atoms with Crippen LogP contribution >= 0.6 is 0 Å². The molecule has 0 radical (unpaired) electrons. The Balaban J connectivity index is 1.92. The molecular formula is C23H29NO5.